The van der Waals surface area contributed by atoms with Gasteiger partial charge in [0.15, 0.2) is 0 Å². The summed E-state index contributed by atoms with van der Waals surface area (Å²) in [4.78, 5) is 36.0. The molecule has 7 nitrogen and oxygen atoms in total. The van der Waals surface area contributed by atoms with Crippen molar-refractivity contribution in [2.45, 2.75) is 6.18 Å². The number of nitrogens with zero attached hydrogens (tertiary/aromatic N) is 1. The van der Waals surface area contributed by atoms with Gasteiger partial charge in [0.2, 0.25) is 11.2 Å². The molecule has 10 heteroatoms. The summed E-state index contributed by atoms with van der Waals surface area (Å²) in [5.41, 5.74) is -1.64. The normalized spacial score (nSPS) is 11.8. The molecule has 0 N–H and O–H groups in total. The van der Waals surface area contributed by atoms with Crippen LogP contribution in [0.1, 0.15) is 11.3 Å². The average Bonchev–Trinajstić information content (AvgIpc) is 2.91. The van der Waals surface area contributed by atoms with Gasteiger partial charge in [-0.1, -0.05) is 54.6 Å². The molecule has 0 aliphatic carbocycles. The zero-order valence-electron chi connectivity index (χ0n) is 19.8. The summed E-state index contributed by atoms with van der Waals surface area (Å²) in [5, 5.41) is 11.9. The fourth-order valence-corrected chi connectivity index (χ4v) is 4.18. The molecule has 1 aromatic heterocycles. The van der Waals surface area contributed by atoms with E-state index in [1.54, 1.807) is 36.4 Å². The van der Waals surface area contributed by atoms with Gasteiger partial charge in [-0.05, 0) is 40.1 Å². The lowest BCUT2D eigenvalue weighted by molar-refractivity contribution is -0.384. The van der Waals surface area contributed by atoms with Gasteiger partial charge in [0, 0.05) is 24.3 Å². The lowest BCUT2D eigenvalue weighted by atomic mass is 9.96. The van der Waals surface area contributed by atoms with E-state index >= 15 is 0 Å². The van der Waals surface area contributed by atoms with Gasteiger partial charge in [-0.15, -0.1) is 0 Å². The Labute approximate surface area is 217 Å². The summed E-state index contributed by atoms with van der Waals surface area (Å²) in [6.45, 7) is 0. The van der Waals surface area contributed by atoms with Crippen LogP contribution >= 0.6 is 0 Å². The number of carbonyl (C=O) groups excluding carboxylic acids is 1. The minimum Gasteiger partial charge on any atom is -0.450 e. The highest BCUT2D eigenvalue weighted by Gasteiger charge is 2.39. The number of carbonyl (C=O) groups is 1. The molecule has 0 amide bonds. The van der Waals surface area contributed by atoms with Crippen LogP contribution < -0.4 is 10.2 Å². The molecule has 0 aliphatic rings. The molecule has 5 aromatic rings. The van der Waals surface area contributed by atoms with E-state index in [0.717, 1.165) is 12.1 Å². The van der Waals surface area contributed by atoms with E-state index in [4.69, 9.17) is 9.15 Å². The van der Waals surface area contributed by atoms with Gasteiger partial charge in [-0.3, -0.25) is 14.9 Å². The number of fused-ring (bicyclic) bond motifs is 2. The number of ether oxygens (including phenoxy) is 1. The Morgan fingerprint density at radius 1 is 0.923 bits per heavy atom. The summed E-state index contributed by atoms with van der Waals surface area (Å²) >= 11 is 0. The first-order chi connectivity index (χ1) is 18.6. The minimum atomic E-state index is -4.99. The molecule has 0 atom stereocenters. The first-order valence-corrected chi connectivity index (χ1v) is 11.4. The first kappa shape index (κ1) is 25.4. The molecule has 4 aromatic carbocycles. The summed E-state index contributed by atoms with van der Waals surface area (Å²) < 4.78 is 52.8. The first-order valence-electron chi connectivity index (χ1n) is 11.4. The van der Waals surface area contributed by atoms with Gasteiger partial charge in [0.25, 0.3) is 5.69 Å². The number of hydrogen-bond donors (Lipinski definition) is 0. The van der Waals surface area contributed by atoms with Gasteiger partial charge >= 0.3 is 12.1 Å². The van der Waals surface area contributed by atoms with Crippen molar-refractivity contribution < 1.29 is 32.0 Å². The van der Waals surface area contributed by atoms with E-state index in [0.29, 0.717) is 16.3 Å². The molecule has 0 saturated heterocycles. The zero-order chi connectivity index (χ0) is 27.7. The van der Waals surface area contributed by atoms with Crippen LogP contribution in [0.15, 0.2) is 100 Å². The maximum Gasteiger partial charge on any atom is 0.450 e. The monoisotopic (exact) mass is 531 g/mol. The fraction of sp³-hybridized carbons (Fsp3) is 0.0345. The SMILES string of the molecule is O=C(/C=C/c1cccc([N+](=O)[O-])c1)Oc1ccc2c(=O)c(-c3cccc4ccccc34)c(C(F)(F)F)oc2c1. The Kier molecular flexibility index (Phi) is 6.45. The lowest BCUT2D eigenvalue weighted by Gasteiger charge is -2.14. The van der Waals surface area contributed by atoms with E-state index < -0.39 is 39.4 Å². The Hall–Kier alpha value is -5.25. The minimum absolute atomic E-state index is 0.0814. The molecule has 0 fully saturated rings. The van der Waals surface area contributed by atoms with Crippen LogP contribution in [0.5, 0.6) is 5.75 Å². The molecule has 0 radical (unpaired) electrons. The average molecular weight is 531 g/mol. The zero-order valence-corrected chi connectivity index (χ0v) is 19.8. The number of alkyl halides is 3. The van der Waals surface area contributed by atoms with Crippen molar-refractivity contribution in [3.05, 3.63) is 123 Å². The predicted molar refractivity (Wildman–Crippen MR) is 138 cm³/mol. The number of hydrogen-bond acceptors (Lipinski definition) is 6. The van der Waals surface area contributed by atoms with Crippen LogP contribution in [0.25, 0.3) is 38.9 Å². The van der Waals surface area contributed by atoms with Gasteiger partial charge in [-0.2, -0.15) is 13.2 Å². The number of esters is 1. The van der Waals surface area contributed by atoms with E-state index in [-0.39, 0.29) is 22.4 Å². The van der Waals surface area contributed by atoms with Crippen LogP contribution in [0, 0.1) is 10.1 Å². The topological polar surface area (TPSA) is 99.6 Å². The Bertz CT molecular complexity index is 1850. The van der Waals surface area contributed by atoms with E-state index in [9.17, 15) is 32.9 Å². The van der Waals surface area contributed by atoms with Crippen molar-refractivity contribution in [1.29, 1.82) is 0 Å². The number of halogens is 3. The molecule has 194 valence electrons. The smallest absolute Gasteiger partial charge is 0.450 e. The van der Waals surface area contributed by atoms with Crippen molar-refractivity contribution in [3.8, 4) is 16.9 Å². The second-order valence-electron chi connectivity index (χ2n) is 8.42. The van der Waals surface area contributed by atoms with Crippen molar-refractivity contribution in [2.75, 3.05) is 0 Å². The van der Waals surface area contributed by atoms with E-state index in [1.165, 1.54) is 48.5 Å². The van der Waals surface area contributed by atoms with E-state index in [1.807, 2.05) is 0 Å². The molecule has 0 unspecified atom stereocenters. The van der Waals surface area contributed by atoms with Gasteiger partial charge in [0.1, 0.15) is 11.3 Å². The van der Waals surface area contributed by atoms with Crippen LogP contribution in [0.4, 0.5) is 18.9 Å². The highest BCUT2D eigenvalue weighted by atomic mass is 19.4. The van der Waals surface area contributed by atoms with E-state index in [2.05, 4.69) is 0 Å². The van der Waals surface area contributed by atoms with Crippen LogP contribution in [0.3, 0.4) is 0 Å². The molecule has 39 heavy (non-hydrogen) atoms. The third-order valence-corrected chi connectivity index (χ3v) is 5.89. The van der Waals surface area contributed by atoms with Gasteiger partial charge in [-0.25, -0.2) is 4.79 Å². The molecule has 0 bridgehead atoms. The number of nitro groups is 1. The summed E-state index contributed by atoms with van der Waals surface area (Å²) in [7, 11) is 0. The quantitative estimate of drug-likeness (QED) is 0.0785. The number of non-ortho nitro benzene ring substituents is 1. The van der Waals surface area contributed by atoms with Crippen molar-refractivity contribution in [3.63, 3.8) is 0 Å². The highest BCUT2D eigenvalue weighted by molar-refractivity contribution is 5.99. The molecular weight excluding hydrogens is 515 g/mol. The molecule has 5 rings (SSSR count). The maximum atomic E-state index is 14.1. The third-order valence-electron chi connectivity index (χ3n) is 5.89. The molecule has 0 saturated carbocycles. The summed E-state index contributed by atoms with van der Waals surface area (Å²) in [5.74, 6) is -2.53. The summed E-state index contributed by atoms with van der Waals surface area (Å²) in [6, 6.07) is 20.5. The van der Waals surface area contributed by atoms with Crippen LogP contribution in [0.2, 0.25) is 0 Å². The van der Waals surface area contributed by atoms with Crippen molar-refractivity contribution in [1.82, 2.24) is 0 Å². The lowest BCUT2D eigenvalue weighted by Crippen LogP contribution is -2.16. The Morgan fingerprint density at radius 2 is 1.67 bits per heavy atom. The molecular formula is C29H16F3NO6. The number of rotatable bonds is 5. The Balaban J connectivity index is 1.53. The number of nitro benzene ring substituents is 1. The largest absolute Gasteiger partial charge is 0.450 e. The fourth-order valence-electron chi connectivity index (χ4n) is 4.18. The second kappa shape index (κ2) is 9.90. The summed E-state index contributed by atoms with van der Waals surface area (Å²) in [6.07, 6.45) is -2.70. The van der Waals surface area contributed by atoms with Gasteiger partial charge in [0.05, 0.1) is 15.9 Å². The molecule has 0 aliphatic heterocycles. The standard InChI is InChI=1S/C29H16F3NO6/c30-29(31,32)28-26(22-10-4-7-18-6-1-2-9-21(18)22)27(35)23-13-12-20(16-24(23)39-28)38-25(34)14-11-17-5-3-8-19(15-17)33(36)37/h1-16H/b14-11+. The maximum absolute atomic E-state index is 14.1. The Morgan fingerprint density at radius 3 is 2.44 bits per heavy atom. The van der Waals surface area contributed by atoms with Crippen molar-refractivity contribution in [2.24, 2.45) is 0 Å². The third kappa shape index (κ3) is 5.12. The predicted octanol–water partition coefficient (Wildman–Crippen LogP) is 7.16. The van der Waals surface area contributed by atoms with Gasteiger partial charge < -0.3 is 9.15 Å². The molecule has 0 spiro atoms. The van der Waals surface area contributed by atoms with Crippen molar-refractivity contribution >= 4 is 39.5 Å². The van der Waals surface area contributed by atoms with Crippen LogP contribution in [-0.4, -0.2) is 10.9 Å². The number of benzene rings is 4. The van der Waals surface area contributed by atoms with Crippen LogP contribution in [-0.2, 0) is 11.0 Å². The highest BCUT2D eigenvalue weighted by Crippen LogP contribution is 2.39. The molecule has 1 heterocycles. The second-order valence-corrected chi connectivity index (χ2v) is 8.42.